The zero-order valence-electron chi connectivity index (χ0n) is 17.0. The zero-order chi connectivity index (χ0) is 22.4. The van der Waals surface area contributed by atoms with Gasteiger partial charge in [-0.15, -0.1) is 0 Å². The topological polar surface area (TPSA) is 110 Å². The number of imide groups is 1. The lowest BCUT2D eigenvalue weighted by Gasteiger charge is -2.32. The van der Waals surface area contributed by atoms with Crippen LogP contribution >= 0.6 is 0 Å². The number of benzene rings is 2. The number of nitro benzene ring substituents is 1. The minimum atomic E-state index is -0.584. The lowest BCUT2D eigenvalue weighted by atomic mass is 9.91. The molecule has 1 aromatic heterocycles. The van der Waals surface area contributed by atoms with Crippen LogP contribution in [0.15, 0.2) is 40.9 Å². The van der Waals surface area contributed by atoms with Crippen LogP contribution in [-0.2, 0) is 0 Å². The van der Waals surface area contributed by atoms with Gasteiger partial charge in [-0.2, -0.15) is 0 Å². The van der Waals surface area contributed by atoms with Crippen LogP contribution in [-0.4, -0.2) is 57.9 Å². The van der Waals surface area contributed by atoms with Gasteiger partial charge in [0.15, 0.2) is 5.58 Å². The monoisotopic (exact) mass is 438 g/mol. The Morgan fingerprint density at radius 2 is 1.81 bits per heavy atom. The fourth-order valence-corrected chi connectivity index (χ4v) is 4.49. The third kappa shape index (κ3) is 3.42. The lowest BCUT2D eigenvalue weighted by Crippen LogP contribution is -2.41. The summed E-state index contributed by atoms with van der Waals surface area (Å²) in [5.74, 6) is -1.09. The molecular formula is C22H19FN4O5. The first kappa shape index (κ1) is 20.3. The Bertz CT molecular complexity index is 1250. The molecule has 1 fully saturated rings. The number of fused-ring (bicyclic) bond motifs is 2. The highest BCUT2D eigenvalue weighted by molar-refractivity contribution is 6.21. The van der Waals surface area contributed by atoms with E-state index < -0.39 is 16.7 Å². The average Bonchev–Trinajstić information content (AvgIpc) is 3.31. The predicted molar refractivity (Wildman–Crippen MR) is 111 cm³/mol. The van der Waals surface area contributed by atoms with E-state index in [1.807, 2.05) is 0 Å². The highest BCUT2D eigenvalue weighted by atomic mass is 19.1. The molecular weight excluding hydrogens is 419 g/mol. The Hall–Kier alpha value is -3.66. The van der Waals surface area contributed by atoms with Crippen LogP contribution in [0, 0.1) is 15.9 Å². The number of carbonyl (C=O) groups excluding carboxylic acids is 2. The molecule has 3 heterocycles. The van der Waals surface area contributed by atoms with Crippen LogP contribution in [0.1, 0.15) is 45.2 Å². The molecule has 0 unspecified atom stereocenters. The van der Waals surface area contributed by atoms with E-state index in [0.717, 1.165) is 48.0 Å². The molecule has 2 aliphatic heterocycles. The quantitative estimate of drug-likeness (QED) is 0.341. The van der Waals surface area contributed by atoms with Crippen molar-refractivity contribution >= 4 is 28.5 Å². The molecule has 0 aliphatic carbocycles. The largest absolute Gasteiger partial charge is 0.356 e. The number of halogens is 1. The fourth-order valence-electron chi connectivity index (χ4n) is 4.49. The third-order valence-corrected chi connectivity index (χ3v) is 6.24. The van der Waals surface area contributed by atoms with Crippen LogP contribution in [0.3, 0.4) is 0 Å². The van der Waals surface area contributed by atoms with Crippen molar-refractivity contribution in [2.75, 3.05) is 26.2 Å². The number of non-ortho nitro benzene ring substituents is 1. The van der Waals surface area contributed by atoms with Crippen LogP contribution in [0.4, 0.5) is 10.1 Å². The molecule has 0 bridgehead atoms. The van der Waals surface area contributed by atoms with Gasteiger partial charge in [-0.1, -0.05) is 5.16 Å². The first-order valence-electron chi connectivity index (χ1n) is 10.3. The second-order valence-electron chi connectivity index (χ2n) is 8.07. The zero-order valence-corrected chi connectivity index (χ0v) is 17.0. The molecule has 0 radical (unpaired) electrons. The molecule has 3 aromatic rings. The molecule has 10 heteroatoms. The summed E-state index contributed by atoms with van der Waals surface area (Å²) in [5, 5.41) is 15.9. The van der Waals surface area contributed by atoms with E-state index in [4.69, 9.17) is 4.52 Å². The smallest absolute Gasteiger partial charge is 0.270 e. The van der Waals surface area contributed by atoms with Crippen molar-refractivity contribution in [2.45, 2.75) is 18.8 Å². The molecule has 2 amide bonds. The number of aromatic nitrogens is 1. The maximum atomic E-state index is 13.4. The number of nitrogens with zero attached hydrogens (tertiary/aromatic N) is 4. The lowest BCUT2D eigenvalue weighted by molar-refractivity contribution is -0.384. The summed E-state index contributed by atoms with van der Waals surface area (Å²) in [5.41, 5.74) is 1.35. The first-order valence-corrected chi connectivity index (χ1v) is 10.3. The van der Waals surface area contributed by atoms with Crippen LogP contribution in [0.2, 0.25) is 0 Å². The summed E-state index contributed by atoms with van der Waals surface area (Å²) < 4.78 is 18.6. The van der Waals surface area contributed by atoms with Crippen LogP contribution in [0.5, 0.6) is 0 Å². The summed E-state index contributed by atoms with van der Waals surface area (Å²) in [6, 6.07) is 8.16. The van der Waals surface area contributed by atoms with Crippen molar-refractivity contribution in [2.24, 2.45) is 0 Å². The number of carbonyl (C=O) groups is 2. The van der Waals surface area contributed by atoms with Crippen molar-refractivity contribution in [3.05, 3.63) is 69.2 Å². The Kier molecular flexibility index (Phi) is 4.93. The SMILES string of the molecule is O=C1c2ccc([N+](=O)[O-])cc2C(=O)N1CCN1CCC(c2noc3cc(F)ccc23)CC1. The Morgan fingerprint density at radius 1 is 1.06 bits per heavy atom. The first-order chi connectivity index (χ1) is 15.4. The summed E-state index contributed by atoms with van der Waals surface area (Å²) in [7, 11) is 0. The van der Waals surface area contributed by atoms with Gasteiger partial charge in [-0.05, 0) is 44.1 Å². The Balaban J connectivity index is 1.20. The molecule has 2 aromatic carbocycles. The molecule has 5 rings (SSSR count). The molecule has 0 N–H and O–H groups in total. The number of piperidine rings is 1. The Labute approximate surface area is 181 Å². The number of nitro groups is 1. The van der Waals surface area contributed by atoms with Crippen molar-refractivity contribution in [3.8, 4) is 0 Å². The summed E-state index contributed by atoms with van der Waals surface area (Å²) in [6.07, 6.45) is 1.65. The van der Waals surface area contributed by atoms with Crippen molar-refractivity contribution < 1.29 is 23.4 Å². The molecule has 1 saturated heterocycles. The van der Waals surface area contributed by atoms with Gasteiger partial charge in [0.1, 0.15) is 5.82 Å². The number of hydrogen-bond donors (Lipinski definition) is 0. The standard InChI is InChI=1S/C22H19FN4O5/c23-14-1-3-17-19(11-14)32-24-20(17)13-5-7-25(8-6-13)9-10-26-21(28)16-4-2-15(27(30)31)12-18(16)22(26)29/h1-4,11-13H,5-10H2. The predicted octanol–water partition coefficient (Wildman–Crippen LogP) is 3.35. The van der Waals surface area contributed by atoms with Gasteiger partial charge in [0, 0.05) is 42.6 Å². The van der Waals surface area contributed by atoms with Crippen molar-refractivity contribution in [3.63, 3.8) is 0 Å². The molecule has 0 atom stereocenters. The van der Waals surface area contributed by atoms with Gasteiger partial charge in [0.05, 0.1) is 21.7 Å². The minimum absolute atomic E-state index is 0.0808. The summed E-state index contributed by atoms with van der Waals surface area (Å²) >= 11 is 0. The molecule has 9 nitrogen and oxygen atoms in total. The van der Waals surface area contributed by atoms with E-state index in [1.165, 1.54) is 24.3 Å². The summed E-state index contributed by atoms with van der Waals surface area (Å²) in [4.78, 5) is 38.9. The molecule has 164 valence electrons. The van der Waals surface area contributed by atoms with Crippen molar-refractivity contribution in [1.29, 1.82) is 0 Å². The highest BCUT2D eigenvalue weighted by Crippen LogP contribution is 2.33. The fraction of sp³-hybridized carbons (Fsp3) is 0.318. The van der Waals surface area contributed by atoms with Gasteiger partial charge < -0.3 is 9.42 Å². The number of likely N-dealkylation sites (tertiary alicyclic amines) is 1. The van der Waals surface area contributed by atoms with Gasteiger partial charge in [-0.25, -0.2) is 4.39 Å². The molecule has 0 saturated carbocycles. The van der Waals surface area contributed by atoms with Crippen LogP contribution in [0.25, 0.3) is 11.0 Å². The second-order valence-corrected chi connectivity index (χ2v) is 8.07. The van der Waals surface area contributed by atoms with E-state index in [2.05, 4.69) is 10.1 Å². The van der Waals surface area contributed by atoms with E-state index in [0.29, 0.717) is 12.1 Å². The maximum absolute atomic E-state index is 13.4. The van der Waals surface area contributed by atoms with Gasteiger partial charge >= 0.3 is 0 Å². The molecule has 32 heavy (non-hydrogen) atoms. The van der Waals surface area contributed by atoms with E-state index in [-0.39, 0.29) is 35.1 Å². The van der Waals surface area contributed by atoms with E-state index >= 15 is 0 Å². The average molecular weight is 438 g/mol. The van der Waals surface area contributed by atoms with E-state index in [1.54, 1.807) is 6.07 Å². The third-order valence-electron chi connectivity index (χ3n) is 6.24. The molecule has 0 spiro atoms. The normalized spacial score (nSPS) is 17.3. The van der Waals surface area contributed by atoms with Gasteiger partial charge in [0.2, 0.25) is 0 Å². The van der Waals surface area contributed by atoms with Crippen molar-refractivity contribution in [1.82, 2.24) is 15.0 Å². The number of amides is 2. The van der Waals surface area contributed by atoms with E-state index in [9.17, 15) is 24.1 Å². The summed E-state index contributed by atoms with van der Waals surface area (Å²) in [6.45, 7) is 2.26. The maximum Gasteiger partial charge on any atom is 0.270 e. The van der Waals surface area contributed by atoms with Gasteiger partial charge in [0.25, 0.3) is 17.5 Å². The molecule has 2 aliphatic rings. The second kappa shape index (κ2) is 7.79. The number of hydrogen-bond acceptors (Lipinski definition) is 7. The Morgan fingerprint density at radius 3 is 2.56 bits per heavy atom. The van der Waals surface area contributed by atoms with Gasteiger partial charge in [-0.3, -0.25) is 24.6 Å². The number of rotatable bonds is 5. The van der Waals surface area contributed by atoms with Crippen LogP contribution < -0.4 is 0 Å². The minimum Gasteiger partial charge on any atom is -0.356 e. The highest BCUT2D eigenvalue weighted by Gasteiger charge is 2.37.